The Kier molecular flexibility index (Phi) is 2.67. The Morgan fingerprint density at radius 1 is 1.64 bits per heavy atom. The molecule has 14 heavy (non-hydrogen) atoms. The third-order valence-electron chi connectivity index (χ3n) is 1.44. The SMILES string of the molecule is N#Cc1ncc(C(F)F)cc1[N+](=O)[O-]. The Morgan fingerprint density at radius 2 is 2.29 bits per heavy atom. The zero-order valence-corrected chi connectivity index (χ0v) is 6.65. The van der Waals surface area contributed by atoms with Gasteiger partial charge in [0.05, 0.1) is 4.92 Å². The Balaban J connectivity index is 3.30. The van der Waals surface area contributed by atoms with E-state index in [0.29, 0.717) is 6.07 Å². The molecule has 72 valence electrons. The molecule has 1 aromatic rings. The van der Waals surface area contributed by atoms with Crippen molar-refractivity contribution in [3.8, 4) is 6.07 Å². The maximum absolute atomic E-state index is 12.1. The Labute approximate surface area is 76.8 Å². The van der Waals surface area contributed by atoms with Crippen molar-refractivity contribution in [3.63, 3.8) is 0 Å². The number of rotatable bonds is 2. The van der Waals surface area contributed by atoms with Crippen LogP contribution in [0.2, 0.25) is 0 Å². The number of aromatic nitrogens is 1. The minimum Gasteiger partial charge on any atom is -0.258 e. The van der Waals surface area contributed by atoms with Crippen LogP contribution in [-0.4, -0.2) is 9.91 Å². The lowest BCUT2D eigenvalue weighted by Crippen LogP contribution is -1.97. The zero-order valence-electron chi connectivity index (χ0n) is 6.65. The van der Waals surface area contributed by atoms with Gasteiger partial charge in [0.2, 0.25) is 5.69 Å². The molecule has 0 aromatic carbocycles. The lowest BCUT2D eigenvalue weighted by atomic mass is 10.2. The van der Waals surface area contributed by atoms with Crippen LogP contribution in [0.5, 0.6) is 0 Å². The maximum atomic E-state index is 12.1. The Hall–Kier alpha value is -2.10. The highest BCUT2D eigenvalue weighted by atomic mass is 19.3. The van der Waals surface area contributed by atoms with E-state index in [2.05, 4.69) is 4.98 Å². The molecule has 1 rings (SSSR count). The van der Waals surface area contributed by atoms with Crippen LogP contribution in [0.3, 0.4) is 0 Å². The third kappa shape index (κ3) is 1.80. The summed E-state index contributed by atoms with van der Waals surface area (Å²) in [6, 6.07) is 2.09. The summed E-state index contributed by atoms with van der Waals surface area (Å²) in [7, 11) is 0. The molecule has 0 atom stereocenters. The molecule has 0 aliphatic carbocycles. The number of halogens is 2. The first-order chi connectivity index (χ1) is 6.56. The van der Waals surface area contributed by atoms with E-state index >= 15 is 0 Å². The largest absolute Gasteiger partial charge is 0.306 e. The minimum atomic E-state index is -2.84. The molecule has 0 saturated carbocycles. The van der Waals surface area contributed by atoms with Crippen LogP contribution in [0.1, 0.15) is 17.7 Å². The zero-order chi connectivity index (χ0) is 10.7. The van der Waals surface area contributed by atoms with Crippen molar-refractivity contribution in [2.75, 3.05) is 0 Å². The first-order valence-corrected chi connectivity index (χ1v) is 3.39. The second-order valence-electron chi connectivity index (χ2n) is 2.31. The number of nitro groups is 1. The van der Waals surface area contributed by atoms with E-state index in [9.17, 15) is 18.9 Å². The van der Waals surface area contributed by atoms with Gasteiger partial charge in [0, 0.05) is 17.8 Å². The summed E-state index contributed by atoms with van der Waals surface area (Å²) < 4.78 is 24.2. The van der Waals surface area contributed by atoms with Gasteiger partial charge in [-0.3, -0.25) is 10.1 Å². The number of nitrogens with zero attached hydrogens (tertiary/aromatic N) is 3. The quantitative estimate of drug-likeness (QED) is 0.537. The van der Waals surface area contributed by atoms with Gasteiger partial charge >= 0.3 is 5.69 Å². The summed E-state index contributed by atoms with van der Waals surface area (Å²) >= 11 is 0. The molecular formula is C7H3F2N3O2. The highest BCUT2D eigenvalue weighted by molar-refractivity contribution is 5.45. The van der Waals surface area contributed by atoms with Crippen LogP contribution in [-0.2, 0) is 0 Å². The van der Waals surface area contributed by atoms with E-state index in [0.717, 1.165) is 6.20 Å². The third-order valence-corrected chi connectivity index (χ3v) is 1.44. The van der Waals surface area contributed by atoms with Crippen molar-refractivity contribution in [1.29, 1.82) is 5.26 Å². The predicted octanol–water partition coefficient (Wildman–Crippen LogP) is 1.80. The molecule has 0 N–H and O–H groups in total. The fourth-order valence-corrected chi connectivity index (χ4v) is 0.813. The van der Waals surface area contributed by atoms with Crippen LogP contribution in [0, 0.1) is 21.4 Å². The maximum Gasteiger partial charge on any atom is 0.306 e. The fraction of sp³-hybridized carbons (Fsp3) is 0.143. The molecule has 1 aromatic heterocycles. The fourth-order valence-electron chi connectivity index (χ4n) is 0.813. The first-order valence-electron chi connectivity index (χ1n) is 3.39. The van der Waals surface area contributed by atoms with Crippen LogP contribution in [0.15, 0.2) is 12.3 Å². The average Bonchev–Trinajstić information content (AvgIpc) is 2.16. The minimum absolute atomic E-state index is 0.473. The van der Waals surface area contributed by atoms with Crippen molar-refractivity contribution in [3.05, 3.63) is 33.6 Å². The predicted molar refractivity (Wildman–Crippen MR) is 40.6 cm³/mol. The van der Waals surface area contributed by atoms with Crippen molar-refractivity contribution in [2.45, 2.75) is 6.43 Å². The van der Waals surface area contributed by atoms with Crippen LogP contribution in [0.25, 0.3) is 0 Å². The van der Waals surface area contributed by atoms with Gasteiger partial charge in [0.1, 0.15) is 6.07 Å². The second kappa shape index (κ2) is 3.74. The van der Waals surface area contributed by atoms with E-state index in [1.54, 1.807) is 0 Å². The van der Waals surface area contributed by atoms with Crippen molar-refractivity contribution in [1.82, 2.24) is 4.98 Å². The Bertz CT molecular complexity index is 414. The van der Waals surface area contributed by atoms with Gasteiger partial charge in [-0.2, -0.15) is 5.26 Å². The summed E-state index contributed by atoms with van der Waals surface area (Å²) in [5, 5.41) is 18.7. The van der Waals surface area contributed by atoms with Crippen molar-refractivity contribution >= 4 is 5.69 Å². The molecule has 5 nitrogen and oxygen atoms in total. The van der Waals surface area contributed by atoms with Gasteiger partial charge in [-0.15, -0.1) is 0 Å². The highest BCUT2D eigenvalue weighted by Crippen LogP contribution is 2.23. The van der Waals surface area contributed by atoms with E-state index in [1.165, 1.54) is 6.07 Å². The number of pyridine rings is 1. The molecule has 0 radical (unpaired) electrons. The van der Waals surface area contributed by atoms with Crippen LogP contribution >= 0.6 is 0 Å². The molecule has 7 heteroatoms. The first kappa shape index (κ1) is 9.98. The summed E-state index contributed by atoms with van der Waals surface area (Å²) in [6.45, 7) is 0. The molecule has 0 aliphatic rings. The van der Waals surface area contributed by atoms with Gasteiger partial charge in [-0.25, -0.2) is 13.8 Å². The topological polar surface area (TPSA) is 79.8 Å². The lowest BCUT2D eigenvalue weighted by Gasteiger charge is -1.98. The molecule has 0 bridgehead atoms. The van der Waals surface area contributed by atoms with E-state index in [4.69, 9.17) is 5.26 Å². The van der Waals surface area contributed by atoms with Crippen LogP contribution < -0.4 is 0 Å². The standard InChI is InChI=1S/C7H3F2N3O2/c8-7(9)4-1-6(12(13)14)5(2-10)11-3-4/h1,3,7H. The van der Waals surface area contributed by atoms with Gasteiger partial charge in [-0.05, 0) is 0 Å². The monoisotopic (exact) mass is 199 g/mol. The smallest absolute Gasteiger partial charge is 0.258 e. The van der Waals surface area contributed by atoms with Crippen molar-refractivity contribution < 1.29 is 13.7 Å². The summed E-state index contributed by atoms with van der Waals surface area (Å²) in [4.78, 5) is 12.7. The Morgan fingerprint density at radius 3 is 2.71 bits per heavy atom. The summed E-state index contributed by atoms with van der Waals surface area (Å²) in [5.74, 6) is 0. The van der Waals surface area contributed by atoms with Gasteiger partial charge in [-0.1, -0.05) is 0 Å². The van der Waals surface area contributed by atoms with E-state index in [1.807, 2.05) is 0 Å². The molecule has 1 heterocycles. The molecule has 0 aliphatic heterocycles. The molecule has 0 amide bonds. The van der Waals surface area contributed by atoms with E-state index < -0.39 is 28.3 Å². The normalized spacial score (nSPS) is 9.86. The number of hydrogen-bond donors (Lipinski definition) is 0. The summed E-state index contributed by atoms with van der Waals surface area (Å²) in [5.41, 5.74) is -1.75. The number of hydrogen-bond acceptors (Lipinski definition) is 4. The highest BCUT2D eigenvalue weighted by Gasteiger charge is 2.19. The van der Waals surface area contributed by atoms with Gasteiger partial charge in [0.15, 0.2) is 0 Å². The van der Waals surface area contributed by atoms with Crippen molar-refractivity contribution in [2.24, 2.45) is 0 Å². The van der Waals surface area contributed by atoms with Gasteiger partial charge in [0.25, 0.3) is 6.43 Å². The number of nitriles is 1. The van der Waals surface area contributed by atoms with Gasteiger partial charge < -0.3 is 0 Å². The lowest BCUT2D eigenvalue weighted by molar-refractivity contribution is -0.385. The molecular weight excluding hydrogens is 196 g/mol. The molecule has 0 spiro atoms. The second-order valence-corrected chi connectivity index (χ2v) is 2.31. The molecule has 0 unspecified atom stereocenters. The van der Waals surface area contributed by atoms with Crippen LogP contribution in [0.4, 0.5) is 14.5 Å². The average molecular weight is 199 g/mol. The summed E-state index contributed by atoms with van der Waals surface area (Å²) in [6.07, 6.45) is -2.09. The molecule has 0 saturated heterocycles. The number of alkyl halides is 2. The van der Waals surface area contributed by atoms with E-state index in [-0.39, 0.29) is 0 Å². The molecule has 0 fully saturated rings.